The molecule has 2 N–H and O–H groups in total. The summed E-state index contributed by atoms with van der Waals surface area (Å²) in [5.74, 6) is -2.48. The Morgan fingerprint density at radius 3 is 2.31 bits per heavy atom. The fourth-order valence-electron chi connectivity index (χ4n) is 2.99. The fraction of sp³-hybridized carbons (Fsp3) is 1.00. The summed E-state index contributed by atoms with van der Waals surface area (Å²) in [6.45, 7) is 1.25. The van der Waals surface area contributed by atoms with Gasteiger partial charge in [-0.15, -0.1) is 0 Å². The van der Waals surface area contributed by atoms with E-state index >= 15 is 0 Å². The van der Waals surface area contributed by atoms with Gasteiger partial charge in [0.05, 0.1) is 6.10 Å². The molecular weight excluding hydrogens is 212 g/mol. The van der Waals surface area contributed by atoms with Crippen LogP contribution in [-0.4, -0.2) is 25.2 Å². The summed E-state index contributed by atoms with van der Waals surface area (Å²) in [5.41, 5.74) is 5.65. The SMILES string of the molecule is NCC1(C2CCCCO2)CCC(F)(F)CC1. The van der Waals surface area contributed by atoms with Gasteiger partial charge in [-0.05, 0) is 32.1 Å². The summed E-state index contributed by atoms with van der Waals surface area (Å²) in [6.07, 6.45) is 4.32. The van der Waals surface area contributed by atoms with Gasteiger partial charge in [-0.3, -0.25) is 0 Å². The van der Waals surface area contributed by atoms with E-state index in [1.165, 1.54) is 0 Å². The van der Waals surface area contributed by atoms with Gasteiger partial charge < -0.3 is 10.5 Å². The average molecular weight is 233 g/mol. The summed E-state index contributed by atoms with van der Waals surface area (Å²) in [4.78, 5) is 0. The zero-order chi connectivity index (χ0) is 11.6. The lowest BCUT2D eigenvalue weighted by molar-refractivity contribution is -0.126. The minimum atomic E-state index is -2.48. The monoisotopic (exact) mass is 233 g/mol. The van der Waals surface area contributed by atoms with Crippen molar-refractivity contribution < 1.29 is 13.5 Å². The van der Waals surface area contributed by atoms with Crippen molar-refractivity contribution in [3.63, 3.8) is 0 Å². The molecule has 4 heteroatoms. The van der Waals surface area contributed by atoms with Crippen molar-refractivity contribution in [2.75, 3.05) is 13.2 Å². The zero-order valence-corrected chi connectivity index (χ0v) is 9.68. The lowest BCUT2D eigenvalue weighted by Crippen LogP contribution is -2.48. The van der Waals surface area contributed by atoms with Crippen LogP contribution in [0.4, 0.5) is 8.78 Å². The minimum absolute atomic E-state index is 0.0238. The molecule has 1 saturated heterocycles. The van der Waals surface area contributed by atoms with Gasteiger partial charge in [0.15, 0.2) is 0 Å². The van der Waals surface area contributed by atoms with Gasteiger partial charge in [-0.25, -0.2) is 8.78 Å². The molecule has 16 heavy (non-hydrogen) atoms. The topological polar surface area (TPSA) is 35.2 Å². The Balaban J connectivity index is 2.02. The molecule has 1 saturated carbocycles. The van der Waals surface area contributed by atoms with Crippen molar-refractivity contribution in [1.82, 2.24) is 0 Å². The van der Waals surface area contributed by atoms with E-state index in [9.17, 15) is 8.78 Å². The second-order valence-electron chi connectivity index (χ2n) is 5.28. The molecule has 0 amide bonds. The van der Waals surface area contributed by atoms with Crippen molar-refractivity contribution >= 4 is 0 Å². The van der Waals surface area contributed by atoms with E-state index in [1.807, 2.05) is 0 Å². The summed E-state index contributed by atoms with van der Waals surface area (Å²) in [5, 5.41) is 0. The van der Waals surface area contributed by atoms with Crippen LogP contribution in [0.1, 0.15) is 44.9 Å². The van der Waals surface area contributed by atoms with Gasteiger partial charge >= 0.3 is 0 Å². The molecule has 0 aromatic heterocycles. The van der Waals surface area contributed by atoms with E-state index in [0.29, 0.717) is 19.4 Å². The Hall–Kier alpha value is -0.220. The summed E-state index contributed by atoms with van der Waals surface area (Å²) < 4.78 is 32.1. The minimum Gasteiger partial charge on any atom is -0.378 e. The molecule has 2 aliphatic rings. The first kappa shape index (κ1) is 12.2. The van der Waals surface area contributed by atoms with Crippen LogP contribution in [0.15, 0.2) is 0 Å². The molecular formula is C12H21F2NO. The standard InChI is InChI=1S/C12H21F2NO/c13-12(14)6-4-11(9-15,5-7-12)10-3-1-2-8-16-10/h10H,1-9,15H2. The lowest BCUT2D eigenvalue weighted by Gasteiger charge is -2.45. The summed E-state index contributed by atoms with van der Waals surface area (Å²) in [6, 6.07) is 0. The van der Waals surface area contributed by atoms with E-state index in [0.717, 1.165) is 25.9 Å². The Kier molecular flexibility index (Phi) is 3.50. The molecule has 0 radical (unpaired) electrons. The normalized spacial score (nSPS) is 33.6. The second-order valence-corrected chi connectivity index (χ2v) is 5.28. The van der Waals surface area contributed by atoms with Crippen molar-refractivity contribution in [3.05, 3.63) is 0 Å². The van der Waals surface area contributed by atoms with Crippen LogP contribution in [0.25, 0.3) is 0 Å². The highest BCUT2D eigenvalue weighted by molar-refractivity contribution is 4.95. The summed E-state index contributed by atoms with van der Waals surface area (Å²) >= 11 is 0. The smallest absolute Gasteiger partial charge is 0.248 e. The van der Waals surface area contributed by atoms with Gasteiger partial charge in [0.1, 0.15) is 0 Å². The third-order valence-corrected chi connectivity index (χ3v) is 4.25. The molecule has 0 aromatic carbocycles. The maximum absolute atomic E-state index is 13.2. The van der Waals surface area contributed by atoms with Gasteiger partial charge in [-0.1, -0.05) is 0 Å². The van der Waals surface area contributed by atoms with Crippen molar-refractivity contribution in [2.24, 2.45) is 11.1 Å². The second kappa shape index (κ2) is 4.57. The van der Waals surface area contributed by atoms with Crippen LogP contribution in [0.3, 0.4) is 0 Å². The first-order valence-corrected chi connectivity index (χ1v) is 6.28. The molecule has 0 spiro atoms. The predicted molar refractivity (Wildman–Crippen MR) is 58.5 cm³/mol. The fourth-order valence-corrected chi connectivity index (χ4v) is 2.99. The molecule has 0 bridgehead atoms. The number of hydrogen-bond acceptors (Lipinski definition) is 2. The Morgan fingerprint density at radius 1 is 1.12 bits per heavy atom. The first-order valence-electron chi connectivity index (χ1n) is 6.28. The van der Waals surface area contributed by atoms with E-state index in [4.69, 9.17) is 10.5 Å². The largest absolute Gasteiger partial charge is 0.378 e. The molecule has 2 rings (SSSR count). The molecule has 1 aliphatic carbocycles. The molecule has 2 fully saturated rings. The highest BCUT2D eigenvalue weighted by Crippen LogP contribution is 2.47. The quantitative estimate of drug-likeness (QED) is 0.796. The van der Waals surface area contributed by atoms with E-state index in [1.54, 1.807) is 0 Å². The Bertz CT molecular complexity index is 229. The number of ether oxygens (including phenoxy) is 1. The van der Waals surface area contributed by atoms with Gasteiger partial charge in [0.2, 0.25) is 5.92 Å². The van der Waals surface area contributed by atoms with E-state index in [-0.39, 0.29) is 24.4 Å². The Labute approximate surface area is 95.5 Å². The molecule has 0 aromatic rings. The maximum Gasteiger partial charge on any atom is 0.248 e. The highest BCUT2D eigenvalue weighted by Gasteiger charge is 2.47. The average Bonchev–Trinajstić information content (AvgIpc) is 2.31. The van der Waals surface area contributed by atoms with Gasteiger partial charge in [0, 0.05) is 31.4 Å². The van der Waals surface area contributed by atoms with Crippen LogP contribution in [0.2, 0.25) is 0 Å². The van der Waals surface area contributed by atoms with Crippen molar-refractivity contribution in [2.45, 2.75) is 57.0 Å². The zero-order valence-electron chi connectivity index (χ0n) is 9.68. The van der Waals surface area contributed by atoms with Crippen LogP contribution >= 0.6 is 0 Å². The number of hydrogen-bond donors (Lipinski definition) is 1. The van der Waals surface area contributed by atoms with Crippen LogP contribution in [-0.2, 0) is 4.74 Å². The molecule has 94 valence electrons. The van der Waals surface area contributed by atoms with Crippen LogP contribution in [0.5, 0.6) is 0 Å². The highest BCUT2D eigenvalue weighted by atomic mass is 19.3. The first-order chi connectivity index (χ1) is 7.58. The lowest BCUT2D eigenvalue weighted by atomic mass is 9.67. The number of nitrogens with two attached hydrogens (primary N) is 1. The molecule has 1 heterocycles. The van der Waals surface area contributed by atoms with Crippen molar-refractivity contribution in [1.29, 1.82) is 0 Å². The predicted octanol–water partition coefficient (Wildman–Crippen LogP) is 2.71. The molecule has 1 unspecified atom stereocenters. The van der Waals surface area contributed by atoms with E-state index in [2.05, 4.69) is 0 Å². The van der Waals surface area contributed by atoms with Crippen molar-refractivity contribution in [3.8, 4) is 0 Å². The van der Waals surface area contributed by atoms with Crippen LogP contribution in [0, 0.1) is 5.41 Å². The van der Waals surface area contributed by atoms with Crippen LogP contribution < -0.4 is 5.73 Å². The molecule has 1 atom stereocenters. The summed E-state index contributed by atoms with van der Waals surface area (Å²) in [7, 11) is 0. The van der Waals surface area contributed by atoms with Gasteiger partial charge in [-0.2, -0.15) is 0 Å². The third-order valence-electron chi connectivity index (χ3n) is 4.25. The number of halogens is 2. The molecule has 1 aliphatic heterocycles. The maximum atomic E-state index is 13.2. The van der Waals surface area contributed by atoms with E-state index < -0.39 is 5.92 Å². The number of rotatable bonds is 2. The molecule has 2 nitrogen and oxygen atoms in total. The third kappa shape index (κ3) is 2.38. The number of alkyl halides is 2. The Morgan fingerprint density at radius 2 is 1.81 bits per heavy atom. The van der Waals surface area contributed by atoms with Gasteiger partial charge in [0.25, 0.3) is 0 Å².